The van der Waals surface area contributed by atoms with Crippen molar-refractivity contribution in [2.24, 2.45) is 5.92 Å². The van der Waals surface area contributed by atoms with Gasteiger partial charge in [0, 0.05) is 36.2 Å². The molecule has 3 aromatic rings. The zero-order valence-electron chi connectivity index (χ0n) is 15.1. The van der Waals surface area contributed by atoms with E-state index in [0.717, 1.165) is 60.7 Å². The zero-order chi connectivity index (χ0) is 18.1. The van der Waals surface area contributed by atoms with Gasteiger partial charge in [-0.05, 0) is 38.2 Å². The first-order valence-corrected chi connectivity index (χ1v) is 8.99. The van der Waals surface area contributed by atoms with E-state index in [1.807, 2.05) is 31.2 Å². The van der Waals surface area contributed by atoms with E-state index >= 15 is 0 Å². The third-order valence-corrected chi connectivity index (χ3v) is 4.98. The number of aromatic amines is 1. The lowest BCUT2D eigenvalue weighted by Crippen LogP contribution is -2.22. The van der Waals surface area contributed by atoms with Crippen LogP contribution < -0.4 is 10.3 Å². The van der Waals surface area contributed by atoms with Crippen molar-refractivity contribution >= 4 is 5.65 Å². The second-order valence-corrected chi connectivity index (χ2v) is 6.84. The molecule has 1 aliphatic rings. The van der Waals surface area contributed by atoms with Gasteiger partial charge in [-0.25, -0.2) is 9.50 Å². The third-order valence-electron chi connectivity index (χ3n) is 4.98. The molecular weight excluding hydrogens is 330 g/mol. The van der Waals surface area contributed by atoms with Gasteiger partial charge in [0.15, 0.2) is 5.65 Å². The van der Waals surface area contributed by atoms with Gasteiger partial charge in [0.25, 0.3) is 5.56 Å². The van der Waals surface area contributed by atoms with Gasteiger partial charge in [0.1, 0.15) is 5.75 Å². The van der Waals surface area contributed by atoms with Gasteiger partial charge >= 0.3 is 0 Å². The molecule has 26 heavy (non-hydrogen) atoms. The lowest BCUT2D eigenvalue weighted by atomic mass is 9.97. The maximum atomic E-state index is 12.6. The van der Waals surface area contributed by atoms with Crippen LogP contribution in [0.4, 0.5) is 0 Å². The molecule has 0 saturated carbocycles. The van der Waals surface area contributed by atoms with Crippen LogP contribution in [0.1, 0.15) is 24.2 Å². The Morgan fingerprint density at radius 2 is 2.23 bits per heavy atom. The Labute approximate surface area is 151 Å². The third kappa shape index (κ3) is 3.01. The monoisotopic (exact) mass is 353 g/mol. The average molecular weight is 353 g/mol. The number of H-pyrrole nitrogens is 1. The number of nitrogens with zero attached hydrogens (tertiary/aromatic N) is 2. The first-order chi connectivity index (χ1) is 12.7. The van der Waals surface area contributed by atoms with E-state index < -0.39 is 0 Å². The SMILES string of the molecule is COc1ccccc1-c1c(C)[nH]n2c(=O)cc(CC3CCCOC3)nc12. The number of benzene rings is 1. The Morgan fingerprint density at radius 1 is 1.38 bits per heavy atom. The summed E-state index contributed by atoms with van der Waals surface area (Å²) in [7, 11) is 1.65. The van der Waals surface area contributed by atoms with E-state index in [2.05, 4.69) is 5.10 Å². The predicted molar refractivity (Wildman–Crippen MR) is 99.8 cm³/mol. The van der Waals surface area contributed by atoms with Crippen LogP contribution in [0.3, 0.4) is 0 Å². The van der Waals surface area contributed by atoms with Crippen LogP contribution in [0.2, 0.25) is 0 Å². The quantitative estimate of drug-likeness (QED) is 0.783. The molecule has 4 rings (SSSR count). The molecule has 6 nitrogen and oxygen atoms in total. The van der Waals surface area contributed by atoms with Crippen LogP contribution in [0, 0.1) is 12.8 Å². The molecule has 1 unspecified atom stereocenters. The largest absolute Gasteiger partial charge is 0.496 e. The summed E-state index contributed by atoms with van der Waals surface area (Å²) in [6, 6.07) is 9.43. The molecule has 2 aromatic heterocycles. The Kier molecular flexibility index (Phi) is 4.51. The highest BCUT2D eigenvalue weighted by Gasteiger charge is 2.20. The second kappa shape index (κ2) is 6.96. The van der Waals surface area contributed by atoms with Crippen LogP contribution in [-0.2, 0) is 11.2 Å². The fourth-order valence-corrected chi connectivity index (χ4v) is 3.74. The molecule has 136 valence electrons. The van der Waals surface area contributed by atoms with Gasteiger partial charge in [-0.1, -0.05) is 18.2 Å². The van der Waals surface area contributed by atoms with Crippen molar-refractivity contribution in [3.05, 3.63) is 52.1 Å². The molecule has 1 aromatic carbocycles. The van der Waals surface area contributed by atoms with Gasteiger partial charge in [-0.2, -0.15) is 0 Å². The van der Waals surface area contributed by atoms with Gasteiger partial charge in [0.05, 0.1) is 12.7 Å². The summed E-state index contributed by atoms with van der Waals surface area (Å²) in [4.78, 5) is 17.4. The molecule has 1 fully saturated rings. The van der Waals surface area contributed by atoms with E-state index in [1.165, 1.54) is 4.52 Å². The maximum Gasteiger partial charge on any atom is 0.272 e. The van der Waals surface area contributed by atoms with Gasteiger partial charge in [-0.15, -0.1) is 0 Å². The summed E-state index contributed by atoms with van der Waals surface area (Å²) < 4.78 is 12.6. The van der Waals surface area contributed by atoms with Crippen LogP contribution >= 0.6 is 0 Å². The van der Waals surface area contributed by atoms with Crippen LogP contribution in [0.5, 0.6) is 5.75 Å². The first kappa shape index (κ1) is 16.8. The van der Waals surface area contributed by atoms with Crippen molar-refractivity contribution in [1.29, 1.82) is 0 Å². The Morgan fingerprint density at radius 3 is 3.00 bits per heavy atom. The number of aromatic nitrogens is 3. The van der Waals surface area contributed by atoms with Crippen molar-refractivity contribution in [3.63, 3.8) is 0 Å². The fraction of sp³-hybridized carbons (Fsp3) is 0.400. The van der Waals surface area contributed by atoms with E-state index in [0.29, 0.717) is 11.6 Å². The fourth-order valence-electron chi connectivity index (χ4n) is 3.74. The van der Waals surface area contributed by atoms with E-state index in [1.54, 1.807) is 13.2 Å². The summed E-state index contributed by atoms with van der Waals surface area (Å²) in [5, 5.41) is 3.14. The minimum atomic E-state index is -0.0917. The summed E-state index contributed by atoms with van der Waals surface area (Å²) in [6.07, 6.45) is 2.95. The number of rotatable bonds is 4. The van der Waals surface area contributed by atoms with Gasteiger partial charge < -0.3 is 9.47 Å². The molecule has 1 N–H and O–H groups in total. The molecule has 0 spiro atoms. The standard InChI is InChI=1S/C20H23N3O3/c1-13-19(16-7-3-4-8-17(16)25-2)20-21-15(11-18(24)23(20)22-13)10-14-6-5-9-26-12-14/h3-4,7-8,11,14,22H,5-6,9-10,12H2,1-2H3. The lowest BCUT2D eigenvalue weighted by Gasteiger charge is -2.21. The number of hydrogen-bond acceptors (Lipinski definition) is 4. The molecule has 1 aliphatic heterocycles. The van der Waals surface area contributed by atoms with Gasteiger partial charge in [-0.3, -0.25) is 9.89 Å². The maximum absolute atomic E-state index is 12.6. The van der Waals surface area contributed by atoms with Crippen molar-refractivity contribution in [2.45, 2.75) is 26.2 Å². The summed E-state index contributed by atoms with van der Waals surface area (Å²) in [5.74, 6) is 1.19. The lowest BCUT2D eigenvalue weighted by molar-refractivity contribution is 0.0547. The van der Waals surface area contributed by atoms with Crippen molar-refractivity contribution in [2.75, 3.05) is 20.3 Å². The van der Waals surface area contributed by atoms with E-state index in [9.17, 15) is 4.79 Å². The Balaban J connectivity index is 1.83. The molecule has 0 amide bonds. The minimum absolute atomic E-state index is 0.0917. The smallest absolute Gasteiger partial charge is 0.272 e. The Hall–Kier alpha value is -2.60. The van der Waals surface area contributed by atoms with E-state index in [-0.39, 0.29) is 5.56 Å². The minimum Gasteiger partial charge on any atom is -0.496 e. The molecule has 1 saturated heterocycles. The number of ether oxygens (including phenoxy) is 2. The predicted octanol–water partition coefficient (Wildman–Crippen LogP) is 2.98. The number of para-hydroxylation sites is 1. The highest BCUT2D eigenvalue weighted by molar-refractivity contribution is 5.83. The molecule has 1 atom stereocenters. The van der Waals surface area contributed by atoms with Gasteiger partial charge in [0.2, 0.25) is 0 Å². The number of nitrogens with one attached hydrogen (secondary N) is 1. The molecule has 3 heterocycles. The molecule has 6 heteroatoms. The Bertz CT molecular complexity index is 984. The molecule has 0 radical (unpaired) electrons. The molecule has 0 bridgehead atoms. The molecule has 0 aliphatic carbocycles. The number of aryl methyl sites for hydroxylation is 1. The summed E-state index contributed by atoms with van der Waals surface area (Å²) in [5.41, 5.74) is 4.09. The first-order valence-electron chi connectivity index (χ1n) is 8.99. The number of hydrogen-bond donors (Lipinski definition) is 1. The number of methoxy groups -OCH3 is 1. The van der Waals surface area contributed by atoms with Crippen molar-refractivity contribution < 1.29 is 9.47 Å². The zero-order valence-corrected chi connectivity index (χ0v) is 15.1. The number of fused-ring (bicyclic) bond motifs is 1. The average Bonchev–Trinajstić information content (AvgIpc) is 2.99. The van der Waals surface area contributed by atoms with Crippen molar-refractivity contribution in [1.82, 2.24) is 14.6 Å². The molecular formula is C20H23N3O3. The summed E-state index contributed by atoms with van der Waals surface area (Å²) in [6.45, 7) is 3.53. The van der Waals surface area contributed by atoms with E-state index in [4.69, 9.17) is 14.5 Å². The summed E-state index contributed by atoms with van der Waals surface area (Å²) >= 11 is 0. The normalized spacial score (nSPS) is 17.5. The van der Waals surface area contributed by atoms with Crippen molar-refractivity contribution in [3.8, 4) is 16.9 Å². The highest BCUT2D eigenvalue weighted by atomic mass is 16.5. The van der Waals surface area contributed by atoms with Crippen LogP contribution in [0.25, 0.3) is 16.8 Å². The highest BCUT2D eigenvalue weighted by Crippen LogP contribution is 2.34. The van der Waals surface area contributed by atoms with Crippen LogP contribution in [-0.4, -0.2) is 34.9 Å². The van der Waals surface area contributed by atoms with Crippen LogP contribution in [0.15, 0.2) is 35.1 Å². The topological polar surface area (TPSA) is 68.6 Å². The second-order valence-electron chi connectivity index (χ2n) is 6.84.